The van der Waals surface area contributed by atoms with Gasteiger partial charge in [-0.15, -0.1) is 6.58 Å². The summed E-state index contributed by atoms with van der Waals surface area (Å²) in [6, 6.07) is 0. The van der Waals surface area contributed by atoms with E-state index < -0.39 is 0 Å². The predicted molar refractivity (Wildman–Crippen MR) is 112 cm³/mol. The van der Waals surface area contributed by atoms with E-state index in [-0.39, 0.29) is 0 Å². The van der Waals surface area contributed by atoms with Crippen LogP contribution in [0.3, 0.4) is 0 Å². The van der Waals surface area contributed by atoms with Crippen molar-refractivity contribution in [2.45, 2.75) is 107 Å². The normalized spacial score (nSPS) is 19.3. The molecule has 0 aromatic carbocycles. The standard InChI is InChI=1S/C24H48/c1-10-11-19(4)13-21(6)15-23(8)17-24(9)16-22(7)14-20(5)12-18(2)3/h19-24H,2,10-17H2,1,3-9H3. The third kappa shape index (κ3) is 13.1. The first-order valence-corrected chi connectivity index (χ1v) is 10.8. The van der Waals surface area contributed by atoms with Crippen molar-refractivity contribution in [3.05, 3.63) is 12.2 Å². The smallest absolute Gasteiger partial charge is 0.0300 e. The number of hydrogen-bond donors (Lipinski definition) is 0. The molecule has 6 unspecified atom stereocenters. The lowest BCUT2D eigenvalue weighted by molar-refractivity contribution is 0.270. The first-order valence-electron chi connectivity index (χ1n) is 10.8. The molecule has 0 saturated heterocycles. The summed E-state index contributed by atoms with van der Waals surface area (Å²) in [7, 11) is 0. The number of rotatable bonds is 14. The Kier molecular flexibility index (Phi) is 12.9. The molecule has 0 rings (SSSR count). The van der Waals surface area contributed by atoms with Crippen LogP contribution in [0.1, 0.15) is 107 Å². The van der Waals surface area contributed by atoms with Gasteiger partial charge in [0.15, 0.2) is 0 Å². The van der Waals surface area contributed by atoms with Gasteiger partial charge in [-0.25, -0.2) is 0 Å². The maximum Gasteiger partial charge on any atom is -0.0300 e. The maximum atomic E-state index is 4.06. The van der Waals surface area contributed by atoms with Crippen molar-refractivity contribution in [3.8, 4) is 0 Å². The summed E-state index contributed by atoms with van der Waals surface area (Å²) in [5.41, 5.74) is 1.34. The molecule has 0 aromatic rings. The Balaban J connectivity index is 4.03. The Morgan fingerprint density at radius 1 is 0.625 bits per heavy atom. The van der Waals surface area contributed by atoms with Crippen molar-refractivity contribution >= 4 is 0 Å². The van der Waals surface area contributed by atoms with Gasteiger partial charge >= 0.3 is 0 Å². The van der Waals surface area contributed by atoms with Crippen LogP contribution in [0.5, 0.6) is 0 Å². The average molecular weight is 337 g/mol. The summed E-state index contributed by atoms with van der Waals surface area (Å²) in [5, 5.41) is 0. The average Bonchev–Trinajstić information content (AvgIpc) is 2.35. The highest BCUT2D eigenvalue weighted by Gasteiger charge is 2.17. The minimum absolute atomic E-state index is 0.794. The molecule has 24 heavy (non-hydrogen) atoms. The minimum Gasteiger partial charge on any atom is -0.100 e. The highest BCUT2D eigenvalue weighted by molar-refractivity contribution is 4.89. The molecule has 0 aliphatic rings. The van der Waals surface area contributed by atoms with E-state index in [0.717, 1.165) is 35.5 Å². The van der Waals surface area contributed by atoms with Crippen molar-refractivity contribution in [3.63, 3.8) is 0 Å². The lowest BCUT2D eigenvalue weighted by Gasteiger charge is -2.25. The lowest BCUT2D eigenvalue weighted by atomic mass is 9.81. The Labute approximate surface area is 154 Å². The van der Waals surface area contributed by atoms with Crippen molar-refractivity contribution in [2.24, 2.45) is 35.5 Å². The highest BCUT2D eigenvalue weighted by Crippen LogP contribution is 2.29. The molecule has 0 aliphatic heterocycles. The van der Waals surface area contributed by atoms with Crippen LogP contribution in [0.2, 0.25) is 0 Å². The van der Waals surface area contributed by atoms with Gasteiger partial charge in [0.2, 0.25) is 0 Å². The van der Waals surface area contributed by atoms with E-state index in [1.54, 1.807) is 0 Å². The highest BCUT2D eigenvalue weighted by atomic mass is 14.2. The van der Waals surface area contributed by atoms with Gasteiger partial charge < -0.3 is 0 Å². The zero-order chi connectivity index (χ0) is 18.7. The van der Waals surface area contributed by atoms with Gasteiger partial charge in [-0.05, 0) is 81.0 Å². The molecule has 0 fully saturated rings. The zero-order valence-electron chi connectivity index (χ0n) is 18.3. The monoisotopic (exact) mass is 336 g/mol. The van der Waals surface area contributed by atoms with Gasteiger partial charge in [0.25, 0.3) is 0 Å². The van der Waals surface area contributed by atoms with E-state index in [9.17, 15) is 0 Å². The Morgan fingerprint density at radius 3 is 1.29 bits per heavy atom. The molecule has 0 bridgehead atoms. The Hall–Kier alpha value is -0.260. The molecular formula is C24H48. The largest absolute Gasteiger partial charge is 0.100 e. The van der Waals surface area contributed by atoms with Gasteiger partial charge in [-0.1, -0.05) is 66.9 Å². The summed E-state index contributed by atoms with van der Waals surface area (Å²) >= 11 is 0. The van der Waals surface area contributed by atoms with Gasteiger partial charge in [0.05, 0.1) is 0 Å². The van der Waals surface area contributed by atoms with E-state index in [2.05, 4.69) is 62.0 Å². The quantitative estimate of drug-likeness (QED) is 0.279. The van der Waals surface area contributed by atoms with Crippen molar-refractivity contribution in [2.75, 3.05) is 0 Å². The van der Waals surface area contributed by atoms with Crippen molar-refractivity contribution in [1.29, 1.82) is 0 Å². The summed E-state index contributed by atoms with van der Waals surface area (Å²) in [6.45, 7) is 23.2. The van der Waals surface area contributed by atoms with Crippen LogP contribution in [0.25, 0.3) is 0 Å². The first kappa shape index (κ1) is 23.7. The third-order valence-electron chi connectivity index (χ3n) is 5.50. The first-order chi connectivity index (χ1) is 11.1. The van der Waals surface area contributed by atoms with Crippen LogP contribution in [-0.4, -0.2) is 0 Å². The van der Waals surface area contributed by atoms with Crippen molar-refractivity contribution in [1.82, 2.24) is 0 Å². The molecule has 0 aromatic heterocycles. The fourth-order valence-electron chi connectivity index (χ4n) is 5.11. The summed E-state index contributed by atoms with van der Waals surface area (Å²) < 4.78 is 0. The van der Waals surface area contributed by atoms with Gasteiger partial charge in [-0.2, -0.15) is 0 Å². The molecule has 0 spiro atoms. The predicted octanol–water partition coefficient (Wildman–Crippen LogP) is 8.52. The fourth-order valence-corrected chi connectivity index (χ4v) is 5.11. The molecule has 144 valence electrons. The fraction of sp³-hybridized carbons (Fsp3) is 0.917. The molecule has 0 N–H and O–H groups in total. The number of allylic oxidation sites excluding steroid dienone is 1. The molecule has 0 radical (unpaired) electrons. The molecule has 0 aliphatic carbocycles. The molecule has 6 atom stereocenters. The van der Waals surface area contributed by atoms with Crippen LogP contribution in [-0.2, 0) is 0 Å². The SMILES string of the molecule is C=C(C)CC(C)CC(C)CC(C)CC(C)CC(C)CC(C)CCC. The molecule has 0 amide bonds. The summed E-state index contributed by atoms with van der Waals surface area (Å²) in [6.07, 6.45) is 10.9. The molecule has 0 heterocycles. The summed E-state index contributed by atoms with van der Waals surface area (Å²) in [4.78, 5) is 0. The molecule has 0 heteroatoms. The second-order valence-corrected chi connectivity index (χ2v) is 9.76. The third-order valence-corrected chi connectivity index (χ3v) is 5.50. The van der Waals surface area contributed by atoms with Gasteiger partial charge in [0.1, 0.15) is 0 Å². The molecule has 0 nitrogen and oxygen atoms in total. The second kappa shape index (κ2) is 13.0. The van der Waals surface area contributed by atoms with E-state index in [4.69, 9.17) is 0 Å². The van der Waals surface area contributed by atoms with E-state index in [1.165, 1.54) is 56.9 Å². The van der Waals surface area contributed by atoms with Crippen molar-refractivity contribution < 1.29 is 0 Å². The van der Waals surface area contributed by atoms with Crippen LogP contribution >= 0.6 is 0 Å². The Bertz CT molecular complexity index is 316. The molecular weight excluding hydrogens is 288 g/mol. The lowest BCUT2D eigenvalue weighted by Crippen LogP contribution is -2.13. The van der Waals surface area contributed by atoms with Crippen LogP contribution < -0.4 is 0 Å². The number of hydrogen-bond acceptors (Lipinski definition) is 0. The van der Waals surface area contributed by atoms with Crippen LogP contribution in [0.15, 0.2) is 12.2 Å². The van der Waals surface area contributed by atoms with E-state index in [0.29, 0.717) is 0 Å². The molecule has 0 saturated carbocycles. The van der Waals surface area contributed by atoms with E-state index >= 15 is 0 Å². The Morgan fingerprint density at radius 2 is 0.958 bits per heavy atom. The van der Waals surface area contributed by atoms with Crippen LogP contribution in [0.4, 0.5) is 0 Å². The van der Waals surface area contributed by atoms with Crippen LogP contribution in [0, 0.1) is 35.5 Å². The van der Waals surface area contributed by atoms with Gasteiger partial charge in [0, 0.05) is 0 Å². The summed E-state index contributed by atoms with van der Waals surface area (Å²) in [5.74, 6) is 5.19. The topological polar surface area (TPSA) is 0 Å². The van der Waals surface area contributed by atoms with E-state index in [1.807, 2.05) is 0 Å². The second-order valence-electron chi connectivity index (χ2n) is 9.76. The minimum atomic E-state index is 0.794. The van der Waals surface area contributed by atoms with Gasteiger partial charge in [-0.3, -0.25) is 0 Å². The maximum absolute atomic E-state index is 4.06. The zero-order valence-corrected chi connectivity index (χ0v) is 18.3.